The van der Waals surface area contributed by atoms with Crippen LogP contribution in [0.2, 0.25) is 0 Å². The van der Waals surface area contributed by atoms with Gasteiger partial charge >= 0.3 is 0 Å². The lowest BCUT2D eigenvalue weighted by atomic mass is 10.0. The number of phenols is 1. The van der Waals surface area contributed by atoms with Crippen LogP contribution in [0.5, 0.6) is 17.2 Å². The molecule has 1 aliphatic rings. The van der Waals surface area contributed by atoms with E-state index < -0.39 is 0 Å². The number of nitrogens with zero attached hydrogens (tertiary/aromatic N) is 1. The summed E-state index contributed by atoms with van der Waals surface area (Å²) in [6.45, 7) is 3.92. The average Bonchev–Trinajstić information content (AvgIpc) is 3.11. The van der Waals surface area contributed by atoms with Crippen LogP contribution in [0.15, 0.2) is 29.6 Å². The third kappa shape index (κ3) is 4.71. The largest absolute Gasteiger partial charge is 0.502 e. The molecule has 1 atom stereocenters. The standard InChI is InChI=1S/C17H22N2O3S.2ClH/c1-21-13-10-12(11-14(22-2)17(13)20)16(15-4-3-9-23-15)19-7-5-18-6-8-19;;/h3-4,9-11,16,18,20H,5-8H2,1-2H3;2*1H/t16-;;/m0../s1. The Morgan fingerprint density at radius 1 is 1.12 bits per heavy atom. The highest BCUT2D eigenvalue weighted by Gasteiger charge is 2.27. The molecule has 1 saturated heterocycles. The first-order valence-electron chi connectivity index (χ1n) is 7.67. The third-order valence-electron chi connectivity index (χ3n) is 4.15. The van der Waals surface area contributed by atoms with Crippen molar-refractivity contribution in [2.75, 3.05) is 40.4 Å². The molecule has 2 heterocycles. The molecule has 0 bridgehead atoms. The van der Waals surface area contributed by atoms with Gasteiger partial charge in [0.15, 0.2) is 11.5 Å². The second-order valence-corrected chi connectivity index (χ2v) is 6.46. The Kier molecular flexibility index (Phi) is 8.82. The number of hydrogen-bond acceptors (Lipinski definition) is 6. The SMILES string of the molecule is COc1cc([C@@H](c2cccs2)N2CCNCC2)cc(OC)c1O.Cl.Cl. The summed E-state index contributed by atoms with van der Waals surface area (Å²) in [6.07, 6.45) is 0. The first-order valence-corrected chi connectivity index (χ1v) is 8.55. The number of rotatable bonds is 5. The van der Waals surface area contributed by atoms with Gasteiger partial charge in [-0.05, 0) is 29.1 Å². The van der Waals surface area contributed by atoms with E-state index in [-0.39, 0.29) is 36.6 Å². The van der Waals surface area contributed by atoms with Crippen LogP contribution in [0.3, 0.4) is 0 Å². The third-order valence-corrected chi connectivity index (χ3v) is 5.07. The van der Waals surface area contributed by atoms with Crippen LogP contribution >= 0.6 is 36.2 Å². The van der Waals surface area contributed by atoms with E-state index in [9.17, 15) is 5.11 Å². The number of thiophene rings is 1. The molecule has 1 aromatic carbocycles. The van der Waals surface area contributed by atoms with E-state index in [4.69, 9.17) is 9.47 Å². The molecule has 0 spiro atoms. The molecule has 0 aliphatic carbocycles. The van der Waals surface area contributed by atoms with Crippen LogP contribution in [0, 0.1) is 0 Å². The maximum Gasteiger partial charge on any atom is 0.200 e. The summed E-state index contributed by atoms with van der Waals surface area (Å²) in [5, 5.41) is 15.7. The van der Waals surface area contributed by atoms with Gasteiger partial charge in [0, 0.05) is 31.1 Å². The molecule has 0 saturated carbocycles. The molecule has 8 heteroatoms. The molecule has 0 radical (unpaired) electrons. The van der Waals surface area contributed by atoms with Gasteiger partial charge in [-0.15, -0.1) is 36.2 Å². The molecule has 0 unspecified atom stereocenters. The van der Waals surface area contributed by atoms with Crippen molar-refractivity contribution in [3.8, 4) is 17.2 Å². The number of benzene rings is 1. The minimum atomic E-state index is 0. The number of hydrogen-bond donors (Lipinski definition) is 2. The maximum absolute atomic E-state index is 10.2. The first kappa shape index (κ1) is 21.9. The fourth-order valence-corrected chi connectivity index (χ4v) is 3.90. The van der Waals surface area contributed by atoms with E-state index in [2.05, 4.69) is 27.7 Å². The van der Waals surface area contributed by atoms with Crippen molar-refractivity contribution in [1.82, 2.24) is 10.2 Å². The lowest BCUT2D eigenvalue weighted by Crippen LogP contribution is -2.45. The molecule has 1 fully saturated rings. The Bertz CT molecular complexity index is 624. The van der Waals surface area contributed by atoms with E-state index in [0.717, 1.165) is 31.7 Å². The minimum Gasteiger partial charge on any atom is -0.502 e. The van der Waals surface area contributed by atoms with Gasteiger partial charge in [-0.1, -0.05) is 6.07 Å². The van der Waals surface area contributed by atoms with Crippen molar-refractivity contribution in [2.45, 2.75) is 6.04 Å². The monoisotopic (exact) mass is 406 g/mol. The smallest absolute Gasteiger partial charge is 0.200 e. The fraction of sp³-hybridized carbons (Fsp3) is 0.412. The normalized spacial score (nSPS) is 15.6. The highest BCUT2D eigenvalue weighted by Crippen LogP contribution is 2.42. The zero-order chi connectivity index (χ0) is 16.2. The first-order chi connectivity index (χ1) is 11.2. The molecule has 2 N–H and O–H groups in total. The predicted octanol–water partition coefficient (Wildman–Crippen LogP) is 3.31. The highest BCUT2D eigenvalue weighted by atomic mass is 35.5. The van der Waals surface area contributed by atoms with Crippen LogP contribution < -0.4 is 14.8 Å². The van der Waals surface area contributed by atoms with Crippen molar-refractivity contribution in [3.63, 3.8) is 0 Å². The van der Waals surface area contributed by atoms with Crippen molar-refractivity contribution in [1.29, 1.82) is 0 Å². The summed E-state index contributed by atoms with van der Waals surface area (Å²) < 4.78 is 10.7. The number of phenolic OH excluding ortho intramolecular Hbond substituents is 1. The highest BCUT2D eigenvalue weighted by molar-refractivity contribution is 7.10. The van der Waals surface area contributed by atoms with Crippen LogP contribution in [0.1, 0.15) is 16.5 Å². The molecule has 25 heavy (non-hydrogen) atoms. The van der Waals surface area contributed by atoms with Crippen LogP contribution in [0.4, 0.5) is 0 Å². The maximum atomic E-state index is 10.2. The number of aromatic hydroxyl groups is 1. The summed E-state index contributed by atoms with van der Waals surface area (Å²) in [4.78, 5) is 3.73. The van der Waals surface area contributed by atoms with Gasteiger partial charge in [0.1, 0.15) is 0 Å². The van der Waals surface area contributed by atoms with Crippen LogP contribution in [-0.2, 0) is 0 Å². The Labute approximate surface area is 164 Å². The van der Waals surface area contributed by atoms with Gasteiger partial charge in [-0.3, -0.25) is 4.90 Å². The second kappa shape index (κ2) is 10.1. The molecule has 140 valence electrons. The Morgan fingerprint density at radius 2 is 1.72 bits per heavy atom. The second-order valence-electron chi connectivity index (χ2n) is 5.48. The lowest BCUT2D eigenvalue weighted by molar-refractivity contribution is 0.200. The van der Waals surface area contributed by atoms with E-state index >= 15 is 0 Å². The molecular weight excluding hydrogens is 383 g/mol. The topological polar surface area (TPSA) is 54.0 Å². The number of nitrogens with one attached hydrogen (secondary N) is 1. The van der Waals surface area contributed by atoms with Gasteiger partial charge in [-0.2, -0.15) is 0 Å². The lowest BCUT2D eigenvalue weighted by Gasteiger charge is -2.35. The number of methoxy groups -OCH3 is 2. The fourth-order valence-electron chi connectivity index (χ4n) is 3.01. The molecule has 0 amide bonds. The zero-order valence-corrected chi connectivity index (χ0v) is 16.7. The van der Waals surface area contributed by atoms with Gasteiger partial charge in [0.2, 0.25) is 5.75 Å². The predicted molar refractivity (Wildman–Crippen MR) is 106 cm³/mol. The molecular formula is C17H24Cl2N2O3S. The Morgan fingerprint density at radius 3 is 2.20 bits per heavy atom. The van der Waals surface area contributed by atoms with E-state index in [0.29, 0.717) is 11.5 Å². The van der Waals surface area contributed by atoms with Crippen LogP contribution in [-0.4, -0.2) is 50.4 Å². The van der Waals surface area contributed by atoms with E-state index in [1.165, 1.54) is 4.88 Å². The zero-order valence-electron chi connectivity index (χ0n) is 14.2. The van der Waals surface area contributed by atoms with E-state index in [1.807, 2.05) is 12.1 Å². The van der Waals surface area contributed by atoms with Gasteiger partial charge in [0.05, 0.1) is 20.3 Å². The summed E-state index contributed by atoms with van der Waals surface area (Å²) in [7, 11) is 3.12. The number of ether oxygens (including phenoxy) is 2. The number of piperazine rings is 1. The van der Waals surface area contributed by atoms with Gasteiger partial charge in [-0.25, -0.2) is 0 Å². The Balaban J connectivity index is 0.00000156. The molecule has 1 aliphatic heterocycles. The summed E-state index contributed by atoms with van der Waals surface area (Å²) in [5.41, 5.74) is 1.07. The van der Waals surface area contributed by atoms with Crippen molar-refractivity contribution >= 4 is 36.2 Å². The van der Waals surface area contributed by atoms with Crippen molar-refractivity contribution in [3.05, 3.63) is 40.1 Å². The summed E-state index contributed by atoms with van der Waals surface area (Å²) >= 11 is 1.74. The average molecular weight is 407 g/mol. The van der Waals surface area contributed by atoms with Gasteiger partial charge < -0.3 is 19.9 Å². The van der Waals surface area contributed by atoms with Crippen molar-refractivity contribution in [2.24, 2.45) is 0 Å². The molecule has 1 aromatic heterocycles. The number of halogens is 2. The molecule has 5 nitrogen and oxygen atoms in total. The van der Waals surface area contributed by atoms with Crippen LogP contribution in [0.25, 0.3) is 0 Å². The Hall–Kier alpha value is -1.18. The molecule has 3 rings (SSSR count). The summed E-state index contributed by atoms with van der Waals surface area (Å²) in [6, 6.07) is 8.18. The quantitative estimate of drug-likeness (QED) is 0.797. The van der Waals surface area contributed by atoms with Crippen molar-refractivity contribution < 1.29 is 14.6 Å². The summed E-state index contributed by atoms with van der Waals surface area (Å²) in [5.74, 6) is 0.927. The minimum absolute atomic E-state index is 0. The molecule has 2 aromatic rings. The van der Waals surface area contributed by atoms with E-state index in [1.54, 1.807) is 25.6 Å². The van der Waals surface area contributed by atoms with Gasteiger partial charge in [0.25, 0.3) is 0 Å².